The van der Waals surface area contributed by atoms with Gasteiger partial charge in [-0.15, -0.1) is 0 Å². The summed E-state index contributed by atoms with van der Waals surface area (Å²) in [5.41, 5.74) is 4.41. The highest BCUT2D eigenvalue weighted by molar-refractivity contribution is 5.47. The van der Waals surface area contributed by atoms with Gasteiger partial charge >= 0.3 is 0 Å². The van der Waals surface area contributed by atoms with E-state index in [0.29, 0.717) is 0 Å². The van der Waals surface area contributed by atoms with Crippen LogP contribution in [0.1, 0.15) is 28.2 Å². The van der Waals surface area contributed by atoms with E-state index in [-0.39, 0.29) is 5.92 Å². The number of aryl methyl sites for hydroxylation is 1. The Labute approximate surface area is 144 Å². The number of benzene rings is 3. The van der Waals surface area contributed by atoms with Gasteiger partial charge in [-0.1, -0.05) is 84.3 Å². The zero-order valence-corrected chi connectivity index (χ0v) is 13.7. The molecule has 0 spiro atoms. The Balaban J connectivity index is 1.98. The van der Waals surface area contributed by atoms with Crippen molar-refractivity contribution in [1.82, 2.24) is 0 Å². The SMILES string of the molecule is Cc1ccccc1C(C#Cc1ccccc1)C#Cc1ccccc1. The van der Waals surface area contributed by atoms with Crippen molar-refractivity contribution in [3.8, 4) is 23.7 Å². The van der Waals surface area contributed by atoms with Gasteiger partial charge in [0.25, 0.3) is 0 Å². The van der Waals surface area contributed by atoms with Gasteiger partial charge in [0.05, 0.1) is 0 Å². The Morgan fingerprint density at radius 3 is 1.54 bits per heavy atom. The highest BCUT2D eigenvalue weighted by Crippen LogP contribution is 2.19. The Morgan fingerprint density at radius 2 is 1.04 bits per heavy atom. The van der Waals surface area contributed by atoms with E-state index in [1.165, 1.54) is 11.1 Å². The molecule has 0 radical (unpaired) electrons. The normalized spacial score (nSPS) is 9.58. The molecule has 0 atom stereocenters. The van der Waals surface area contributed by atoms with Gasteiger partial charge in [0.15, 0.2) is 0 Å². The van der Waals surface area contributed by atoms with Crippen LogP contribution in [0.2, 0.25) is 0 Å². The molecule has 3 aromatic rings. The maximum Gasteiger partial charge on any atom is 0.107 e. The van der Waals surface area contributed by atoms with Gasteiger partial charge in [0.1, 0.15) is 5.92 Å². The summed E-state index contributed by atoms with van der Waals surface area (Å²) in [6.45, 7) is 2.11. The predicted octanol–water partition coefficient (Wildman–Crippen LogP) is 5.18. The van der Waals surface area contributed by atoms with Gasteiger partial charge in [0, 0.05) is 11.1 Å². The zero-order chi connectivity index (χ0) is 16.6. The van der Waals surface area contributed by atoms with Gasteiger partial charge in [0.2, 0.25) is 0 Å². The molecule has 0 heterocycles. The lowest BCUT2D eigenvalue weighted by molar-refractivity contribution is 1.13. The van der Waals surface area contributed by atoms with Gasteiger partial charge < -0.3 is 0 Å². The summed E-state index contributed by atoms with van der Waals surface area (Å²) in [5.74, 6) is 13.1. The molecule has 0 amide bonds. The summed E-state index contributed by atoms with van der Waals surface area (Å²) in [6, 6.07) is 28.4. The third-order valence-corrected chi connectivity index (χ3v) is 3.77. The molecular formula is C24H18. The first-order valence-electron chi connectivity index (χ1n) is 8.01. The Bertz CT molecular complexity index is 856. The van der Waals surface area contributed by atoms with Gasteiger partial charge in [-0.3, -0.25) is 0 Å². The first-order valence-corrected chi connectivity index (χ1v) is 8.01. The van der Waals surface area contributed by atoms with E-state index in [1.807, 2.05) is 72.8 Å². The van der Waals surface area contributed by atoms with Crippen LogP contribution in [-0.4, -0.2) is 0 Å². The average molecular weight is 306 g/mol. The predicted molar refractivity (Wildman–Crippen MR) is 101 cm³/mol. The van der Waals surface area contributed by atoms with E-state index in [1.54, 1.807) is 0 Å². The summed E-state index contributed by atoms with van der Waals surface area (Å²) >= 11 is 0. The monoisotopic (exact) mass is 306 g/mol. The minimum absolute atomic E-state index is 0.105. The van der Waals surface area contributed by atoms with Crippen LogP contribution in [0.3, 0.4) is 0 Å². The van der Waals surface area contributed by atoms with Crippen LogP contribution in [0.5, 0.6) is 0 Å². The molecule has 0 aromatic heterocycles. The molecule has 0 saturated heterocycles. The Kier molecular flexibility index (Phi) is 5.14. The first-order chi connectivity index (χ1) is 11.8. The van der Waals surface area contributed by atoms with Crippen molar-refractivity contribution in [2.45, 2.75) is 12.8 Å². The van der Waals surface area contributed by atoms with Crippen molar-refractivity contribution < 1.29 is 0 Å². The molecule has 0 heteroatoms. The summed E-state index contributed by atoms with van der Waals surface area (Å²) in [4.78, 5) is 0. The fourth-order valence-electron chi connectivity index (χ4n) is 2.46. The van der Waals surface area contributed by atoms with Crippen LogP contribution in [-0.2, 0) is 0 Å². The van der Waals surface area contributed by atoms with Crippen LogP contribution >= 0.6 is 0 Å². The summed E-state index contributed by atoms with van der Waals surface area (Å²) in [5, 5.41) is 0. The van der Waals surface area contributed by atoms with Gasteiger partial charge in [-0.05, 0) is 42.3 Å². The zero-order valence-electron chi connectivity index (χ0n) is 13.7. The standard InChI is InChI=1S/C24H18/c1-20-10-8-9-15-24(20)23(18-16-21-11-4-2-5-12-21)19-17-22-13-6-3-7-14-22/h2-15,23H,1H3. The third kappa shape index (κ3) is 4.16. The topological polar surface area (TPSA) is 0 Å². The van der Waals surface area contributed by atoms with Crippen molar-refractivity contribution in [3.05, 3.63) is 107 Å². The lowest BCUT2D eigenvalue weighted by Gasteiger charge is -2.07. The summed E-state index contributed by atoms with van der Waals surface area (Å²) in [7, 11) is 0. The van der Waals surface area contributed by atoms with Crippen molar-refractivity contribution in [2.24, 2.45) is 0 Å². The smallest absolute Gasteiger partial charge is 0.0764 e. The molecule has 0 N–H and O–H groups in total. The highest BCUT2D eigenvalue weighted by atomic mass is 14.1. The van der Waals surface area contributed by atoms with E-state index in [9.17, 15) is 0 Å². The van der Waals surface area contributed by atoms with E-state index < -0.39 is 0 Å². The average Bonchev–Trinajstić information content (AvgIpc) is 2.64. The first kappa shape index (κ1) is 15.7. The second-order valence-corrected chi connectivity index (χ2v) is 5.56. The number of rotatable bonds is 1. The quantitative estimate of drug-likeness (QED) is 0.543. The van der Waals surface area contributed by atoms with E-state index >= 15 is 0 Å². The van der Waals surface area contributed by atoms with Crippen molar-refractivity contribution >= 4 is 0 Å². The molecule has 0 aliphatic rings. The van der Waals surface area contributed by atoms with E-state index in [4.69, 9.17) is 0 Å². The van der Waals surface area contributed by atoms with Crippen molar-refractivity contribution in [2.75, 3.05) is 0 Å². The van der Waals surface area contributed by atoms with Crippen LogP contribution in [0.4, 0.5) is 0 Å². The van der Waals surface area contributed by atoms with Crippen LogP contribution in [0.15, 0.2) is 84.9 Å². The van der Waals surface area contributed by atoms with Gasteiger partial charge in [-0.2, -0.15) is 0 Å². The second-order valence-electron chi connectivity index (χ2n) is 5.56. The molecular weight excluding hydrogens is 288 g/mol. The third-order valence-electron chi connectivity index (χ3n) is 3.77. The minimum Gasteiger partial charge on any atom is -0.0764 e. The lowest BCUT2D eigenvalue weighted by atomic mass is 9.95. The number of hydrogen-bond donors (Lipinski definition) is 0. The Morgan fingerprint density at radius 1 is 0.583 bits per heavy atom. The van der Waals surface area contributed by atoms with Crippen LogP contribution in [0, 0.1) is 30.6 Å². The molecule has 114 valence electrons. The van der Waals surface area contributed by atoms with Crippen LogP contribution < -0.4 is 0 Å². The van der Waals surface area contributed by atoms with Crippen LogP contribution in [0.25, 0.3) is 0 Å². The maximum atomic E-state index is 3.34. The van der Waals surface area contributed by atoms with Crippen molar-refractivity contribution in [3.63, 3.8) is 0 Å². The number of hydrogen-bond acceptors (Lipinski definition) is 0. The molecule has 0 fully saturated rings. The lowest BCUT2D eigenvalue weighted by Crippen LogP contribution is -1.96. The fraction of sp³-hybridized carbons (Fsp3) is 0.0833. The molecule has 0 aliphatic carbocycles. The molecule has 0 bridgehead atoms. The van der Waals surface area contributed by atoms with Gasteiger partial charge in [-0.25, -0.2) is 0 Å². The van der Waals surface area contributed by atoms with E-state index in [2.05, 4.69) is 42.7 Å². The molecule has 3 aromatic carbocycles. The molecule has 24 heavy (non-hydrogen) atoms. The highest BCUT2D eigenvalue weighted by Gasteiger charge is 2.07. The van der Waals surface area contributed by atoms with E-state index in [0.717, 1.165) is 11.1 Å². The fourth-order valence-corrected chi connectivity index (χ4v) is 2.46. The molecule has 3 rings (SSSR count). The maximum absolute atomic E-state index is 3.34. The molecule has 0 nitrogen and oxygen atoms in total. The second kappa shape index (κ2) is 7.87. The summed E-state index contributed by atoms with van der Waals surface area (Å²) in [6.07, 6.45) is 0. The Hall–Kier alpha value is -3.22. The minimum atomic E-state index is -0.105. The molecule has 0 saturated carbocycles. The molecule has 0 unspecified atom stereocenters. The largest absolute Gasteiger partial charge is 0.107 e. The molecule has 0 aliphatic heterocycles. The van der Waals surface area contributed by atoms with Crippen molar-refractivity contribution in [1.29, 1.82) is 0 Å². The summed E-state index contributed by atoms with van der Waals surface area (Å²) < 4.78 is 0.